The Hall–Kier alpha value is -1.91. The van der Waals surface area contributed by atoms with E-state index < -0.39 is 0 Å². The van der Waals surface area contributed by atoms with E-state index in [-0.39, 0.29) is 5.41 Å². The van der Waals surface area contributed by atoms with E-state index in [4.69, 9.17) is 4.52 Å². The zero-order chi connectivity index (χ0) is 13.3. The standard InChI is InChI=1S/C13H18N4O/c1-13(2,3)9-6-7-10(14-8-9)11-15-12(16-18-11)17(4)5/h6-8H,1-5H3. The van der Waals surface area contributed by atoms with Gasteiger partial charge in [0.25, 0.3) is 11.8 Å². The maximum absolute atomic E-state index is 5.17. The number of hydrogen-bond acceptors (Lipinski definition) is 5. The van der Waals surface area contributed by atoms with Crippen LogP contribution in [0.3, 0.4) is 0 Å². The fourth-order valence-corrected chi connectivity index (χ4v) is 1.47. The van der Waals surface area contributed by atoms with Crippen molar-refractivity contribution < 1.29 is 4.52 Å². The summed E-state index contributed by atoms with van der Waals surface area (Å²) in [7, 11) is 3.73. The predicted molar refractivity (Wildman–Crippen MR) is 70.6 cm³/mol. The lowest BCUT2D eigenvalue weighted by atomic mass is 9.88. The summed E-state index contributed by atoms with van der Waals surface area (Å²) in [5, 5.41) is 3.86. The molecule has 0 aliphatic carbocycles. The van der Waals surface area contributed by atoms with Gasteiger partial charge in [-0.25, -0.2) is 0 Å². The molecule has 2 aromatic heterocycles. The van der Waals surface area contributed by atoms with Crippen molar-refractivity contribution in [1.29, 1.82) is 0 Å². The summed E-state index contributed by atoms with van der Waals surface area (Å²) in [4.78, 5) is 10.4. The first-order valence-corrected chi connectivity index (χ1v) is 5.86. The van der Waals surface area contributed by atoms with Crippen LogP contribution >= 0.6 is 0 Å². The van der Waals surface area contributed by atoms with Crippen LogP contribution in [-0.4, -0.2) is 29.2 Å². The molecule has 0 aliphatic heterocycles. The van der Waals surface area contributed by atoms with Crippen molar-refractivity contribution in [3.8, 4) is 11.6 Å². The van der Waals surface area contributed by atoms with Gasteiger partial charge in [-0.3, -0.25) is 4.98 Å². The van der Waals surface area contributed by atoms with Crippen molar-refractivity contribution in [2.24, 2.45) is 0 Å². The Morgan fingerprint density at radius 2 is 1.89 bits per heavy atom. The van der Waals surface area contributed by atoms with Gasteiger partial charge in [0.1, 0.15) is 5.69 Å². The third kappa shape index (κ3) is 2.50. The summed E-state index contributed by atoms with van der Waals surface area (Å²) < 4.78 is 5.17. The quantitative estimate of drug-likeness (QED) is 0.814. The average Bonchev–Trinajstić information content (AvgIpc) is 2.77. The molecule has 0 unspecified atom stereocenters. The lowest BCUT2D eigenvalue weighted by Crippen LogP contribution is -2.11. The summed E-state index contributed by atoms with van der Waals surface area (Å²) >= 11 is 0. The topological polar surface area (TPSA) is 55.1 Å². The van der Waals surface area contributed by atoms with Crippen LogP contribution in [0, 0.1) is 0 Å². The molecule has 2 heterocycles. The van der Waals surface area contributed by atoms with Crippen molar-refractivity contribution in [1.82, 2.24) is 15.1 Å². The molecule has 0 spiro atoms. The first-order valence-electron chi connectivity index (χ1n) is 5.86. The van der Waals surface area contributed by atoms with E-state index in [2.05, 4.69) is 35.9 Å². The molecule has 18 heavy (non-hydrogen) atoms. The number of hydrogen-bond donors (Lipinski definition) is 0. The van der Waals surface area contributed by atoms with Crippen LogP contribution in [0.5, 0.6) is 0 Å². The fraction of sp³-hybridized carbons (Fsp3) is 0.462. The molecule has 0 saturated heterocycles. The minimum Gasteiger partial charge on any atom is -0.344 e. The number of rotatable bonds is 2. The minimum atomic E-state index is 0.0924. The van der Waals surface area contributed by atoms with Crippen molar-refractivity contribution in [2.75, 3.05) is 19.0 Å². The Morgan fingerprint density at radius 1 is 1.17 bits per heavy atom. The summed E-state index contributed by atoms with van der Waals surface area (Å²) in [6.45, 7) is 6.46. The van der Waals surface area contributed by atoms with Crippen molar-refractivity contribution in [3.05, 3.63) is 23.9 Å². The number of anilines is 1. The second-order valence-corrected chi connectivity index (χ2v) is 5.48. The lowest BCUT2D eigenvalue weighted by molar-refractivity contribution is 0.429. The lowest BCUT2D eigenvalue weighted by Gasteiger charge is -2.17. The van der Waals surface area contributed by atoms with Crippen molar-refractivity contribution in [3.63, 3.8) is 0 Å². The molecule has 0 radical (unpaired) electrons. The molecular formula is C13H18N4O. The molecule has 0 bridgehead atoms. The van der Waals surface area contributed by atoms with Crippen LogP contribution < -0.4 is 4.90 Å². The van der Waals surface area contributed by atoms with E-state index >= 15 is 0 Å². The average molecular weight is 246 g/mol. The molecule has 2 rings (SSSR count). The molecule has 96 valence electrons. The van der Waals surface area contributed by atoms with Crippen LogP contribution in [0.4, 0.5) is 5.95 Å². The van der Waals surface area contributed by atoms with E-state index in [0.29, 0.717) is 17.5 Å². The number of nitrogens with zero attached hydrogens (tertiary/aromatic N) is 4. The van der Waals surface area contributed by atoms with Crippen LogP contribution in [0.25, 0.3) is 11.6 Å². The highest BCUT2D eigenvalue weighted by atomic mass is 16.5. The molecular weight excluding hydrogens is 228 g/mol. The summed E-state index contributed by atoms with van der Waals surface area (Å²) in [5.41, 5.74) is 1.97. The Morgan fingerprint density at radius 3 is 2.33 bits per heavy atom. The molecule has 0 atom stereocenters. The number of pyridine rings is 1. The minimum absolute atomic E-state index is 0.0924. The van der Waals surface area contributed by atoms with Gasteiger partial charge in [-0.05, 0) is 22.2 Å². The molecule has 0 saturated carbocycles. The second kappa shape index (κ2) is 4.40. The number of aromatic nitrogens is 3. The van der Waals surface area contributed by atoms with Gasteiger partial charge in [-0.15, -0.1) is 0 Å². The highest BCUT2D eigenvalue weighted by molar-refractivity contribution is 5.49. The summed E-state index contributed by atoms with van der Waals surface area (Å²) in [6, 6.07) is 3.95. The van der Waals surface area contributed by atoms with E-state index in [1.54, 1.807) is 4.90 Å². The maximum Gasteiger partial charge on any atom is 0.278 e. The van der Waals surface area contributed by atoms with E-state index in [9.17, 15) is 0 Å². The van der Waals surface area contributed by atoms with Crippen LogP contribution in [-0.2, 0) is 5.41 Å². The molecule has 0 amide bonds. The van der Waals surface area contributed by atoms with Gasteiger partial charge in [0, 0.05) is 20.3 Å². The fourth-order valence-electron chi connectivity index (χ4n) is 1.47. The molecule has 5 heteroatoms. The molecule has 0 aromatic carbocycles. The second-order valence-electron chi connectivity index (χ2n) is 5.48. The van der Waals surface area contributed by atoms with Crippen molar-refractivity contribution in [2.45, 2.75) is 26.2 Å². The first kappa shape index (κ1) is 12.5. The smallest absolute Gasteiger partial charge is 0.278 e. The SMILES string of the molecule is CN(C)c1noc(-c2ccc(C(C)(C)C)cn2)n1. The van der Waals surface area contributed by atoms with Gasteiger partial charge >= 0.3 is 0 Å². The normalized spacial score (nSPS) is 11.6. The van der Waals surface area contributed by atoms with Gasteiger partial charge in [0.2, 0.25) is 0 Å². The largest absolute Gasteiger partial charge is 0.344 e. The summed E-state index contributed by atoms with van der Waals surface area (Å²) in [5.74, 6) is 0.992. The molecule has 0 aliphatic rings. The van der Waals surface area contributed by atoms with Crippen LogP contribution in [0.1, 0.15) is 26.3 Å². The Labute approximate surface area is 107 Å². The Balaban J connectivity index is 2.29. The third-order valence-electron chi connectivity index (χ3n) is 2.66. The van der Waals surface area contributed by atoms with E-state index in [1.165, 1.54) is 5.56 Å². The van der Waals surface area contributed by atoms with Gasteiger partial charge in [0.15, 0.2) is 0 Å². The molecule has 0 N–H and O–H groups in total. The zero-order valence-electron chi connectivity index (χ0n) is 11.4. The Kier molecular flexibility index (Phi) is 3.07. The van der Waals surface area contributed by atoms with Crippen LogP contribution in [0.2, 0.25) is 0 Å². The van der Waals surface area contributed by atoms with E-state index in [0.717, 1.165) is 0 Å². The predicted octanol–water partition coefficient (Wildman–Crippen LogP) is 2.50. The highest BCUT2D eigenvalue weighted by Gasteiger charge is 2.16. The first-order chi connectivity index (χ1) is 8.38. The Bertz CT molecular complexity index is 523. The third-order valence-corrected chi connectivity index (χ3v) is 2.66. The highest BCUT2D eigenvalue weighted by Crippen LogP contribution is 2.24. The van der Waals surface area contributed by atoms with Gasteiger partial charge in [-0.1, -0.05) is 26.8 Å². The molecule has 2 aromatic rings. The van der Waals surface area contributed by atoms with Crippen molar-refractivity contribution >= 4 is 5.95 Å². The monoisotopic (exact) mass is 246 g/mol. The molecule has 5 nitrogen and oxygen atoms in total. The van der Waals surface area contributed by atoms with E-state index in [1.807, 2.05) is 32.4 Å². The van der Waals surface area contributed by atoms with Gasteiger partial charge in [0.05, 0.1) is 0 Å². The molecule has 0 fully saturated rings. The van der Waals surface area contributed by atoms with Gasteiger partial charge < -0.3 is 9.42 Å². The zero-order valence-corrected chi connectivity index (χ0v) is 11.4. The summed E-state index contributed by atoms with van der Waals surface area (Å²) in [6.07, 6.45) is 1.86. The van der Waals surface area contributed by atoms with Gasteiger partial charge in [-0.2, -0.15) is 4.98 Å². The maximum atomic E-state index is 5.17. The van der Waals surface area contributed by atoms with Crippen LogP contribution in [0.15, 0.2) is 22.9 Å².